The molecular weight excluding hydrogens is 327 g/mol. The van der Waals surface area contributed by atoms with E-state index in [9.17, 15) is 0 Å². The van der Waals surface area contributed by atoms with E-state index in [1.807, 2.05) is 0 Å². The summed E-state index contributed by atoms with van der Waals surface area (Å²) in [6, 6.07) is 13.2. The van der Waals surface area contributed by atoms with Gasteiger partial charge in [-0.2, -0.15) is 0 Å². The van der Waals surface area contributed by atoms with Gasteiger partial charge in [0, 0.05) is 0 Å². The minimum atomic E-state index is 0.0142. The molecule has 0 aliphatic rings. The normalized spacial score (nSPS) is 12.3. The molecule has 2 nitrogen and oxygen atoms in total. The van der Waals surface area contributed by atoms with Crippen molar-refractivity contribution in [3.8, 4) is 16.9 Å². The van der Waals surface area contributed by atoms with Gasteiger partial charge in [0.2, 0.25) is 0 Å². The fourth-order valence-electron chi connectivity index (χ4n) is 3.27. The summed E-state index contributed by atoms with van der Waals surface area (Å²) >= 11 is 2.16. The van der Waals surface area contributed by atoms with Gasteiger partial charge in [-0.05, 0) is 0 Å². The Morgan fingerprint density at radius 3 is 2.07 bits per heavy atom. The Labute approximate surface area is 174 Å². The molecule has 0 saturated heterocycles. The zero-order valence-corrected chi connectivity index (χ0v) is 18.4. The van der Waals surface area contributed by atoms with Crippen LogP contribution in [0.5, 0.6) is 5.75 Å². The Morgan fingerprint density at radius 1 is 0.889 bits per heavy atom. The van der Waals surface area contributed by atoms with E-state index in [-0.39, 0.29) is 17.6 Å². The Bertz CT molecular complexity index is 778. The fourth-order valence-corrected chi connectivity index (χ4v) is 3.27. The Kier molecular flexibility index (Phi) is 7.25. The van der Waals surface area contributed by atoms with E-state index in [0.29, 0.717) is 0 Å². The first-order valence-corrected chi connectivity index (χ1v) is 10.0. The molecular formula is C24H33LiO2. The molecule has 0 aliphatic carbocycles. The quantitative estimate of drug-likeness (QED) is 0.457. The third-order valence-corrected chi connectivity index (χ3v) is 6.12. The first kappa shape index (κ1) is 22.1. The first-order chi connectivity index (χ1) is 12.7. The van der Waals surface area contributed by atoms with Crippen molar-refractivity contribution in [2.75, 3.05) is 13.9 Å². The monoisotopic (exact) mass is 360 g/mol. The number of benzene rings is 2. The van der Waals surface area contributed by atoms with Crippen LogP contribution >= 0.6 is 0 Å². The van der Waals surface area contributed by atoms with Gasteiger partial charge >= 0.3 is 175 Å². The van der Waals surface area contributed by atoms with Crippen LogP contribution in [0.15, 0.2) is 36.4 Å². The van der Waals surface area contributed by atoms with E-state index in [2.05, 4.69) is 95.7 Å². The van der Waals surface area contributed by atoms with Gasteiger partial charge in [-0.25, -0.2) is 0 Å². The average molecular weight is 360 g/mol. The SMILES string of the molecule is [Li][c]1ccccc1-c1cc(C(C)(C)CC)cc(C(C)(C)CC)c1OCOC. The summed E-state index contributed by atoms with van der Waals surface area (Å²) in [6.45, 7) is 14.0. The second-order valence-electron chi connectivity index (χ2n) is 8.74. The van der Waals surface area contributed by atoms with E-state index < -0.39 is 0 Å². The van der Waals surface area contributed by atoms with Crippen molar-refractivity contribution in [2.24, 2.45) is 0 Å². The Balaban J connectivity index is 2.87. The molecule has 0 N–H and O–H groups in total. The Hall–Kier alpha value is -1.20. The summed E-state index contributed by atoms with van der Waals surface area (Å²) in [5.74, 6) is 0.952. The van der Waals surface area contributed by atoms with Gasteiger partial charge < -0.3 is 0 Å². The summed E-state index contributed by atoms with van der Waals surface area (Å²) in [5.41, 5.74) is 5.14. The van der Waals surface area contributed by atoms with Crippen LogP contribution < -0.4 is 8.97 Å². The second-order valence-corrected chi connectivity index (χ2v) is 8.74. The maximum absolute atomic E-state index is 6.19. The molecule has 2 aromatic carbocycles. The van der Waals surface area contributed by atoms with Gasteiger partial charge in [0.05, 0.1) is 0 Å². The van der Waals surface area contributed by atoms with Gasteiger partial charge in [-0.15, -0.1) is 0 Å². The van der Waals surface area contributed by atoms with Gasteiger partial charge in [0.1, 0.15) is 0 Å². The molecule has 27 heavy (non-hydrogen) atoms. The number of hydrogen-bond donors (Lipinski definition) is 0. The first-order valence-electron chi connectivity index (χ1n) is 10.0. The number of ether oxygens (including phenoxy) is 2. The topological polar surface area (TPSA) is 18.5 Å². The molecule has 0 aromatic heterocycles. The van der Waals surface area contributed by atoms with Gasteiger partial charge in [-0.3, -0.25) is 0 Å². The molecule has 0 radical (unpaired) electrons. The molecule has 0 spiro atoms. The van der Waals surface area contributed by atoms with Crippen molar-refractivity contribution in [1.82, 2.24) is 0 Å². The van der Waals surface area contributed by atoms with Crippen LogP contribution in [0.2, 0.25) is 0 Å². The molecule has 2 aromatic rings. The minimum absolute atomic E-state index is 0.0142. The van der Waals surface area contributed by atoms with E-state index >= 15 is 0 Å². The number of hydrogen-bond acceptors (Lipinski definition) is 2. The third kappa shape index (κ3) is 4.80. The number of rotatable bonds is 8. The molecule has 3 heteroatoms. The molecule has 0 amide bonds. The molecule has 0 aliphatic heterocycles. The summed E-state index contributed by atoms with van der Waals surface area (Å²) in [5, 5.41) is 0. The van der Waals surface area contributed by atoms with Crippen LogP contribution in [-0.2, 0) is 15.6 Å². The fraction of sp³-hybridized carbons (Fsp3) is 0.500. The molecule has 0 unspecified atom stereocenters. The van der Waals surface area contributed by atoms with Crippen LogP contribution in [0, 0.1) is 0 Å². The predicted octanol–water partition coefficient (Wildman–Crippen LogP) is 5.51. The molecule has 0 saturated carbocycles. The summed E-state index contributed by atoms with van der Waals surface area (Å²) in [4.78, 5) is 0. The zero-order chi connectivity index (χ0) is 20.2. The maximum atomic E-state index is 6.19. The van der Waals surface area contributed by atoms with Crippen molar-refractivity contribution < 1.29 is 9.47 Å². The Morgan fingerprint density at radius 2 is 1.52 bits per heavy atom. The molecule has 0 heterocycles. The van der Waals surface area contributed by atoms with E-state index in [1.165, 1.54) is 26.5 Å². The van der Waals surface area contributed by atoms with Crippen molar-refractivity contribution in [2.45, 2.75) is 65.2 Å². The molecule has 0 fully saturated rings. The van der Waals surface area contributed by atoms with Gasteiger partial charge in [0.15, 0.2) is 0 Å². The van der Waals surface area contributed by atoms with Crippen LogP contribution in [-0.4, -0.2) is 31.6 Å². The van der Waals surface area contributed by atoms with Crippen LogP contribution in [0.25, 0.3) is 11.1 Å². The average Bonchev–Trinajstić information content (AvgIpc) is 2.66. The van der Waals surface area contributed by atoms with Gasteiger partial charge in [0.25, 0.3) is 0 Å². The van der Waals surface area contributed by atoms with Crippen LogP contribution in [0.3, 0.4) is 0 Å². The molecule has 142 valence electrons. The van der Waals surface area contributed by atoms with Crippen LogP contribution in [0.4, 0.5) is 0 Å². The van der Waals surface area contributed by atoms with E-state index in [4.69, 9.17) is 9.47 Å². The third-order valence-electron chi connectivity index (χ3n) is 6.12. The van der Waals surface area contributed by atoms with Crippen molar-refractivity contribution >= 4 is 22.0 Å². The standard InChI is InChI=1S/C24H33O2.Li/c1-8-23(3,4)19-15-20(18-13-11-10-12-14-18)22(26-17-25-7)21(16-19)24(5,6)9-2;/h10-13,15-16H,8-9,17H2,1-7H3;. The molecule has 0 atom stereocenters. The van der Waals surface area contributed by atoms with Crippen molar-refractivity contribution in [3.05, 3.63) is 47.5 Å². The summed E-state index contributed by atoms with van der Waals surface area (Å²) in [7, 11) is 1.67. The van der Waals surface area contributed by atoms with E-state index in [0.717, 1.165) is 18.6 Å². The summed E-state index contributed by atoms with van der Waals surface area (Å²) in [6.07, 6.45) is 2.13. The van der Waals surface area contributed by atoms with Crippen molar-refractivity contribution in [1.29, 1.82) is 0 Å². The van der Waals surface area contributed by atoms with Gasteiger partial charge in [-0.1, -0.05) is 0 Å². The zero-order valence-electron chi connectivity index (χ0n) is 18.4. The molecule has 0 bridgehead atoms. The second kappa shape index (κ2) is 8.87. The predicted molar refractivity (Wildman–Crippen MR) is 116 cm³/mol. The number of methoxy groups -OCH3 is 1. The molecule has 2 rings (SSSR count). The van der Waals surface area contributed by atoms with Crippen molar-refractivity contribution in [3.63, 3.8) is 0 Å². The summed E-state index contributed by atoms with van der Waals surface area (Å²) < 4.78 is 12.7. The van der Waals surface area contributed by atoms with E-state index in [1.54, 1.807) is 7.11 Å². The van der Waals surface area contributed by atoms with Crippen LogP contribution in [0.1, 0.15) is 65.5 Å².